The van der Waals surface area contributed by atoms with Crippen molar-refractivity contribution in [3.05, 3.63) is 52.7 Å². The van der Waals surface area contributed by atoms with Crippen LogP contribution in [0.25, 0.3) is 17.2 Å². The summed E-state index contributed by atoms with van der Waals surface area (Å²) in [5.41, 5.74) is 2.31. The minimum absolute atomic E-state index is 0.272. The van der Waals surface area contributed by atoms with Gasteiger partial charge in [-0.1, -0.05) is 43.7 Å². The highest BCUT2D eigenvalue weighted by molar-refractivity contribution is 7.11. The van der Waals surface area contributed by atoms with E-state index in [1.807, 2.05) is 29.7 Å². The number of rotatable bonds is 6. The third kappa shape index (κ3) is 4.07. The van der Waals surface area contributed by atoms with Crippen molar-refractivity contribution >= 4 is 23.4 Å². The Morgan fingerprint density at radius 1 is 1.25 bits per heavy atom. The Balaban J connectivity index is 2.04. The summed E-state index contributed by atoms with van der Waals surface area (Å²) >= 11 is 1.62. The van der Waals surface area contributed by atoms with Gasteiger partial charge in [-0.2, -0.15) is 0 Å². The zero-order chi connectivity index (χ0) is 14.2. The molecule has 0 aliphatic carbocycles. The largest absolute Gasteiger partial charge is 0.463 e. The first-order valence-corrected chi connectivity index (χ1v) is 7.67. The quantitative estimate of drug-likeness (QED) is 0.434. The Kier molecular flexibility index (Phi) is 5.56. The molecule has 0 aliphatic heterocycles. The van der Waals surface area contributed by atoms with Gasteiger partial charge in [0.05, 0.1) is 6.61 Å². The molecule has 0 radical (unpaired) electrons. The molecule has 0 N–H and O–H groups in total. The van der Waals surface area contributed by atoms with E-state index >= 15 is 0 Å². The summed E-state index contributed by atoms with van der Waals surface area (Å²) in [6.07, 6.45) is 5.28. The molecule has 0 bridgehead atoms. The van der Waals surface area contributed by atoms with E-state index in [4.69, 9.17) is 4.74 Å². The van der Waals surface area contributed by atoms with Gasteiger partial charge in [-0.25, -0.2) is 4.79 Å². The number of hydrogen-bond acceptors (Lipinski definition) is 3. The van der Waals surface area contributed by atoms with Gasteiger partial charge in [-0.05, 0) is 35.1 Å². The standard InChI is InChI=1S/C17H18O2S/c1-2-3-12-19-17(18)10-9-16-15(11-13-20-16)14-7-5-4-6-8-14/h4-11,13H,2-3,12H2,1H3/b10-9+. The van der Waals surface area contributed by atoms with E-state index in [2.05, 4.69) is 25.1 Å². The van der Waals surface area contributed by atoms with Gasteiger partial charge in [-0.3, -0.25) is 0 Å². The molecule has 1 heterocycles. The maximum Gasteiger partial charge on any atom is 0.330 e. The van der Waals surface area contributed by atoms with E-state index in [1.165, 1.54) is 6.08 Å². The number of carbonyl (C=O) groups is 1. The summed E-state index contributed by atoms with van der Waals surface area (Å²) < 4.78 is 5.11. The van der Waals surface area contributed by atoms with E-state index in [1.54, 1.807) is 11.3 Å². The highest BCUT2D eigenvalue weighted by Gasteiger charge is 2.04. The molecule has 1 aromatic heterocycles. The minimum atomic E-state index is -0.272. The van der Waals surface area contributed by atoms with Crippen molar-refractivity contribution in [3.63, 3.8) is 0 Å². The van der Waals surface area contributed by atoms with Gasteiger partial charge in [0.2, 0.25) is 0 Å². The molecule has 1 aromatic carbocycles. The highest BCUT2D eigenvalue weighted by atomic mass is 32.1. The molecule has 0 amide bonds. The molecule has 0 unspecified atom stereocenters. The van der Waals surface area contributed by atoms with Crippen molar-refractivity contribution in [1.82, 2.24) is 0 Å². The fraction of sp³-hybridized carbons (Fsp3) is 0.235. The topological polar surface area (TPSA) is 26.3 Å². The minimum Gasteiger partial charge on any atom is -0.463 e. The average Bonchev–Trinajstić information content (AvgIpc) is 2.95. The Labute approximate surface area is 123 Å². The summed E-state index contributed by atoms with van der Waals surface area (Å²) in [6, 6.07) is 12.2. The van der Waals surface area contributed by atoms with Gasteiger partial charge in [0.1, 0.15) is 0 Å². The predicted octanol–water partition coefficient (Wildman–Crippen LogP) is 4.77. The smallest absolute Gasteiger partial charge is 0.330 e. The lowest BCUT2D eigenvalue weighted by molar-refractivity contribution is -0.137. The van der Waals surface area contributed by atoms with Crippen molar-refractivity contribution in [2.24, 2.45) is 0 Å². The van der Waals surface area contributed by atoms with Gasteiger partial charge >= 0.3 is 5.97 Å². The molecule has 0 atom stereocenters. The Morgan fingerprint density at radius 2 is 2.05 bits per heavy atom. The normalized spacial score (nSPS) is 10.8. The molecule has 0 saturated heterocycles. The first kappa shape index (κ1) is 14.5. The molecule has 0 fully saturated rings. The molecule has 2 nitrogen and oxygen atoms in total. The monoisotopic (exact) mass is 286 g/mol. The van der Waals surface area contributed by atoms with Crippen LogP contribution in [0.4, 0.5) is 0 Å². The molecule has 3 heteroatoms. The van der Waals surface area contributed by atoms with Crippen molar-refractivity contribution in [2.45, 2.75) is 19.8 Å². The van der Waals surface area contributed by atoms with Crippen LogP contribution in [0.3, 0.4) is 0 Å². The molecule has 104 valence electrons. The lowest BCUT2D eigenvalue weighted by Gasteiger charge is -2.01. The molecule has 0 aliphatic rings. The van der Waals surface area contributed by atoms with Crippen molar-refractivity contribution in [2.75, 3.05) is 6.61 Å². The Bertz CT molecular complexity index is 570. The number of carbonyl (C=O) groups excluding carboxylic acids is 1. The maximum atomic E-state index is 11.6. The number of hydrogen-bond donors (Lipinski definition) is 0. The zero-order valence-electron chi connectivity index (χ0n) is 11.5. The van der Waals surface area contributed by atoms with Crippen LogP contribution in [-0.2, 0) is 9.53 Å². The fourth-order valence-electron chi connectivity index (χ4n) is 1.82. The van der Waals surface area contributed by atoms with Crippen LogP contribution in [0.5, 0.6) is 0 Å². The summed E-state index contributed by atoms with van der Waals surface area (Å²) in [5, 5.41) is 2.03. The number of thiophene rings is 1. The van der Waals surface area contributed by atoms with Crippen molar-refractivity contribution < 1.29 is 9.53 Å². The molecule has 2 rings (SSSR count). The first-order valence-electron chi connectivity index (χ1n) is 6.79. The predicted molar refractivity (Wildman–Crippen MR) is 84.7 cm³/mol. The van der Waals surface area contributed by atoms with Crippen molar-refractivity contribution in [1.29, 1.82) is 0 Å². The average molecular weight is 286 g/mol. The summed E-state index contributed by atoms with van der Waals surface area (Å²) in [4.78, 5) is 12.6. The third-order valence-corrected chi connectivity index (χ3v) is 3.78. The van der Waals surface area contributed by atoms with Gasteiger partial charge in [-0.15, -0.1) is 11.3 Å². The molecule has 0 saturated carbocycles. The first-order chi connectivity index (χ1) is 9.81. The molecular formula is C17H18O2S. The van der Waals surface area contributed by atoms with Gasteiger partial charge in [0.25, 0.3) is 0 Å². The Morgan fingerprint density at radius 3 is 2.80 bits per heavy atom. The molecule has 0 spiro atoms. The SMILES string of the molecule is CCCCOC(=O)/C=C/c1sccc1-c1ccccc1. The number of benzene rings is 1. The summed E-state index contributed by atoms with van der Waals surface area (Å²) in [5.74, 6) is -0.272. The zero-order valence-corrected chi connectivity index (χ0v) is 12.4. The Hall–Kier alpha value is -1.87. The van der Waals surface area contributed by atoms with E-state index in [-0.39, 0.29) is 5.97 Å². The van der Waals surface area contributed by atoms with Gasteiger partial charge in [0.15, 0.2) is 0 Å². The number of esters is 1. The van der Waals surface area contributed by atoms with Crippen LogP contribution in [0.2, 0.25) is 0 Å². The fourth-order valence-corrected chi connectivity index (χ4v) is 2.63. The van der Waals surface area contributed by atoms with Gasteiger partial charge < -0.3 is 4.74 Å². The summed E-state index contributed by atoms with van der Waals surface area (Å²) in [7, 11) is 0. The van der Waals surface area contributed by atoms with Crippen LogP contribution in [0.15, 0.2) is 47.9 Å². The van der Waals surface area contributed by atoms with E-state index in [9.17, 15) is 4.79 Å². The molecular weight excluding hydrogens is 268 g/mol. The van der Waals surface area contributed by atoms with Crippen LogP contribution in [0, 0.1) is 0 Å². The van der Waals surface area contributed by atoms with E-state index < -0.39 is 0 Å². The van der Waals surface area contributed by atoms with Crippen LogP contribution in [-0.4, -0.2) is 12.6 Å². The van der Waals surface area contributed by atoms with Crippen molar-refractivity contribution in [3.8, 4) is 11.1 Å². The van der Waals surface area contributed by atoms with Crippen LogP contribution >= 0.6 is 11.3 Å². The van der Waals surface area contributed by atoms with Crippen LogP contribution in [0.1, 0.15) is 24.6 Å². The van der Waals surface area contributed by atoms with E-state index in [0.717, 1.165) is 28.8 Å². The molecule has 2 aromatic rings. The lowest BCUT2D eigenvalue weighted by Crippen LogP contribution is -2.01. The van der Waals surface area contributed by atoms with Gasteiger partial charge in [0, 0.05) is 11.0 Å². The summed E-state index contributed by atoms with van der Waals surface area (Å²) in [6.45, 7) is 2.57. The van der Waals surface area contributed by atoms with Crippen LogP contribution < -0.4 is 0 Å². The van der Waals surface area contributed by atoms with E-state index in [0.29, 0.717) is 6.61 Å². The highest BCUT2D eigenvalue weighted by Crippen LogP contribution is 2.29. The number of unbranched alkanes of at least 4 members (excludes halogenated alkanes) is 1. The number of ether oxygens (including phenoxy) is 1. The third-order valence-electron chi connectivity index (χ3n) is 2.89. The maximum absolute atomic E-state index is 11.6. The second-order valence-corrected chi connectivity index (χ2v) is 5.37. The molecule has 20 heavy (non-hydrogen) atoms. The lowest BCUT2D eigenvalue weighted by atomic mass is 10.1. The second kappa shape index (κ2) is 7.65. The second-order valence-electron chi connectivity index (χ2n) is 4.42.